The van der Waals surface area contributed by atoms with Crippen LogP contribution in [0.1, 0.15) is 61.2 Å². The number of aliphatic hydroxyl groups excluding tert-OH is 1. The number of nitro benzene ring substituents is 1. The Balaban J connectivity index is 1.04. The molecule has 4 aromatic carbocycles. The maximum absolute atomic E-state index is 12.9. The number of carbonyl (C=O) groups is 2. The molecule has 53 heavy (non-hydrogen) atoms. The van der Waals surface area contributed by atoms with Gasteiger partial charge in [0.1, 0.15) is 0 Å². The number of benzene rings is 4. The zero-order chi connectivity index (χ0) is 37.2. The van der Waals surface area contributed by atoms with Gasteiger partial charge in [0.05, 0.1) is 35.1 Å². The number of anilines is 4. The van der Waals surface area contributed by atoms with Gasteiger partial charge in [0.25, 0.3) is 5.69 Å². The molecule has 2 aliphatic rings. The molecule has 0 radical (unpaired) electrons. The number of carbonyl (C=O) groups excluding carboxylic acids is 2. The topological polar surface area (TPSA) is 173 Å². The molecule has 13 heteroatoms. The number of rotatable bonds is 14. The quantitative estimate of drug-likeness (QED) is 0.0510. The van der Waals surface area contributed by atoms with Crippen molar-refractivity contribution in [1.82, 2.24) is 4.90 Å². The number of hydrogen-bond acceptors (Lipinski definition) is 10. The predicted molar refractivity (Wildman–Crippen MR) is 203 cm³/mol. The summed E-state index contributed by atoms with van der Waals surface area (Å²) in [6.07, 6.45) is 1.25. The molecular formula is C40H46N6O7. The molecule has 6 rings (SSSR count). The van der Waals surface area contributed by atoms with Gasteiger partial charge in [0.2, 0.25) is 11.8 Å². The Morgan fingerprint density at radius 2 is 1.53 bits per heavy atom. The third-order valence-electron chi connectivity index (χ3n) is 9.61. The lowest BCUT2D eigenvalue weighted by atomic mass is 9.99. The Morgan fingerprint density at radius 1 is 0.830 bits per heavy atom. The van der Waals surface area contributed by atoms with Crippen LogP contribution in [-0.2, 0) is 25.7 Å². The van der Waals surface area contributed by atoms with Crippen molar-refractivity contribution >= 4 is 40.3 Å². The fourth-order valence-corrected chi connectivity index (χ4v) is 6.68. The fraction of sp³-hybridized carbons (Fsp3) is 0.350. The average molecular weight is 723 g/mol. The number of nitrogens with zero attached hydrogens (tertiary/aromatic N) is 3. The zero-order valence-corrected chi connectivity index (χ0v) is 29.6. The molecule has 3 atom stereocenters. The molecule has 0 saturated carbocycles. The second-order valence-corrected chi connectivity index (χ2v) is 13.4. The monoisotopic (exact) mass is 722 g/mol. The first kappa shape index (κ1) is 37.4. The van der Waals surface area contributed by atoms with Gasteiger partial charge < -0.3 is 35.8 Å². The Labute approximate surface area is 308 Å². The van der Waals surface area contributed by atoms with Crippen LogP contribution >= 0.6 is 0 Å². The number of ether oxygens (including phenoxy) is 2. The second kappa shape index (κ2) is 17.9. The molecule has 2 amide bonds. The molecule has 0 unspecified atom stereocenters. The van der Waals surface area contributed by atoms with E-state index < -0.39 is 6.29 Å². The van der Waals surface area contributed by atoms with Crippen molar-refractivity contribution < 1.29 is 29.1 Å². The highest BCUT2D eigenvalue weighted by Gasteiger charge is 2.34. The van der Waals surface area contributed by atoms with Crippen molar-refractivity contribution in [1.29, 1.82) is 0 Å². The SMILES string of the molecule is Nc1ccccc1NC(=O)CCCCC(=O)Nc1cccc([C@H]2O[C@@H](CN3CCN(c4ccc([N+](=O)[O-])cc4)CC3)C[C@@H](c3ccc(CO)cc3)O2)c1. The van der Waals surface area contributed by atoms with E-state index in [0.717, 1.165) is 48.6 Å². The standard InChI is InChI=1S/C40H46N6O7/c41-35-8-1-2-9-36(35)43-39(49)11-4-3-10-38(48)42-31-7-5-6-30(24-31)40-52-34(25-37(53-40)29-14-12-28(27-47)13-15-29)26-44-20-22-45(23-21-44)32-16-18-33(19-17-32)46(50)51/h1-2,5-9,12-19,24,34,37,40,47H,3-4,10-11,20-23,25-27,41H2,(H,42,48)(H,43,49)/t34-,37+,40+/m1/s1. The highest BCUT2D eigenvalue weighted by Crippen LogP contribution is 2.39. The highest BCUT2D eigenvalue weighted by atomic mass is 16.7. The summed E-state index contributed by atoms with van der Waals surface area (Å²) in [4.78, 5) is 40.5. The Kier molecular flexibility index (Phi) is 12.7. The van der Waals surface area contributed by atoms with Crippen molar-refractivity contribution in [2.24, 2.45) is 0 Å². The Morgan fingerprint density at radius 3 is 2.21 bits per heavy atom. The second-order valence-electron chi connectivity index (χ2n) is 13.4. The first-order valence-electron chi connectivity index (χ1n) is 18.0. The molecular weight excluding hydrogens is 676 g/mol. The molecule has 2 aliphatic heterocycles. The van der Waals surface area contributed by atoms with E-state index in [-0.39, 0.29) is 54.1 Å². The third-order valence-corrected chi connectivity index (χ3v) is 9.61. The van der Waals surface area contributed by atoms with Crippen LogP contribution in [0, 0.1) is 10.1 Å². The summed E-state index contributed by atoms with van der Waals surface area (Å²) < 4.78 is 13.1. The number of nitrogen functional groups attached to an aromatic ring is 1. The summed E-state index contributed by atoms with van der Waals surface area (Å²) in [6, 6.07) is 29.0. The Bertz CT molecular complexity index is 1850. The van der Waals surface area contributed by atoms with Crippen LogP contribution in [0.2, 0.25) is 0 Å². The molecule has 5 N–H and O–H groups in total. The number of aliphatic hydroxyl groups is 1. The van der Waals surface area contributed by atoms with Crippen LogP contribution in [0.4, 0.5) is 28.4 Å². The van der Waals surface area contributed by atoms with Crippen molar-refractivity contribution in [3.8, 4) is 0 Å². The predicted octanol–water partition coefficient (Wildman–Crippen LogP) is 6.17. The van der Waals surface area contributed by atoms with E-state index in [4.69, 9.17) is 15.2 Å². The van der Waals surface area contributed by atoms with Crippen molar-refractivity contribution in [3.05, 3.63) is 124 Å². The van der Waals surface area contributed by atoms with Crippen LogP contribution < -0.4 is 21.3 Å². The first-order chi connectivity index (χ1) is 25.7. The van der Waals surface area contributed by atoms with E-state index in [1.54, 1.807) is 42.5 Å². The smallest absolute Gasteiger partial charge is 0.269 e. The largest absolute Gasteiger partial charge is 0.397 e. The zero-order valence-electron chi connectivity index (χ0n) is 29.6. The first-order valence-corrected chi connectivity index (χ1v) is 18.0. The van der Waals surface area contributed by atoms with Crippen LogP contribution in [0.25, 0.3) is 0 Å². The van der Waals surface area contributed by atoms with E-state index in [9.17, 15) is 24.8 Å². The minimum atomic E-state index is -0.674. The van der Waals surface area contributed by atoms with Gasteiger partial charge in [-0.15, -0.1) is 0 Å². The van der Waals surface area contributed by atoms with Gasteiger partial charge in [-0.2, -0.15) is 0 Å². The van der Waals surface area contributed by atoms with Gasteiger partial charge >= 0.3 is 0 Å². The lowest BCUT2D eigenvalue weighted by molar-refractivity contribution is -0.384. The number of nitrogens with one attached hydrogen (secondary N) is 2. The molecule has 0 aromatic heterocycles. The molecule has 4 aromatic rings. The van der Waals surface area contributed by atoms with Crippen molar-refractivity contribution in [2.75, 3.05) is 54.0 Å². The maximum Gasteiger partial charge on any atom is 0.269 e. The van der Waals surface area contributed by atoms with E-state index in [0.29, 0.717) is 42.9 Å². The molecule has 278 valence electrons. The molecule has 2 fully saturated rings. The van der Waals surface area contributed by atoms with Gasteiger partial charge in [-0.1, -0.05) is 48.5 Å². The number of piperazine rings is 1. The summed E-state index contributed by atoms with van der Waals surface area (Å²) in [6.45, 7) is 3.86. The summed E-state index contributed by atoms with van der Waals surface area (Å²) in [5.74, 6) is -0.290. The molecule has 0 bridgehead atoms. The average Bonchev–Trinajstić information content (AvgIpc) is 3.18. The number of unbranched alkanes of at least 4 members (excludes halogenated alkanes) is 1. The molecule has 0 aliphatic carbocycles. The minimum absolute atomic E-state index is 0.0380. The van der Waals surface area contributed by atoms with Gasteiger partial charge in [-0.25, -0.2) is 0 Å². The van der Waals surface area contributed by atoms with Gasteiger partial charge in [0, 0.05) is 81.1 Å². The number of nitro groups is 1. The molecule has 2 saturated heterocycles. The number of hydrogen-bond donors (Lipinski definition) is 4. The number of para-hydroxylation sites is 2. The number of nitrogens with two attached hydrogens (primary N) is 1. The van der Waals surface area contributed by atoms with E-state index >= 15 is 0 Å². The number of amides is 2. The van der Waals surface area contributed by atoms with Gasteiger partial charge in [0.15, 0.2) is 6.29 Å². The normalized spacial score (nSPS) is 19.0. The van der Waals surface area contributed by atoms with Crippen molar-refractivity contribution in [3.63, 3.8) is 0 Å². The summed E-state index contributed by atoms with van der Waals surface area (Å²) in [7, 11) is 0. The number of non-ortho nitro benzene ring substituents is 1. The molecule has 13 nitrogen and oxygen atoms in total. The summed E-state index contributed by atoms with van der Waals surface area (Å²) in [5.41, 5.74) is 11.3. The van der Waals surface area contributed by atoms with Crippen LogP contribution in [0.15, 0.2) is 97.1 Å². The lowest BCUT2D eigenvalue weighted by Crippen LogP contribution is -2.49. The minimum Gasteiger partial charge on any atom is -0.397 e. The van der Waals surface area contributed by atoms with E-state index in [2.05, 4.69) is 20.4 Å². The van der Waals surface area contributed by atoms with Crippen LogP contribution in [0.5, 0.6) is 0 Å². The van der Waals surface area contributed by atoms with E-state index in [1.807, 2.05) is 54.6 Å². The fourth-order valence-electron chi connectivity index (χ4n) is 6.68. The Hall–Kier alpha value is -5.34. The third kappa shape index (κ3) is 10.4. The van der Waals surface area contributed by atoms with Gasteiger partial charge in [-0.3, -0.25) is 24.6 Å². The van der Waals surface area contributed by atoms with Crippen LogP contribution in [-0.4, -0.2) is 65.6 Å². The van der Waals surface area contributed by atoms with Crippen LogP contribution in [0.3, 0.4) is 0 Å². The molecule has 0 spiro atoms. The maximum atomic E-state index is 12.9. The van der Waals surface area contributed by atoms with Crippen molar-refractivity contribution in [2.45, 2.75) is 57.2 Å². The molecule has 2 heterocycles. The van der Waals surface area contributed by atoms with E-state index in [1.165, 1.54) is 0 Å². The summed E-state index contributed by atoms with van der Waals surface area (Å²) >= 11 is 0. The lowest BCUT2D eigenvalue weighted by Gasteiger charge is -2.41. The van der Waals surface area contributed by atoms with Gasteiger partial charge in [-0.05, 0) is 60.4 Å². The highest BCUT2D eigenvalue weighted by molar-refractivity contribution is 5.94. The summed E-state index contributed by atoms with van der Waals surface area (Å²) in [5, 5.41) is 26.4.